The Hall–Kier alpha value is -1.84. The van der Waals surface area contributed by atoms with Gasteiger partial charge in [0, 0.05) is 5.71 Å². The molecule has 0 radical (unpaired) electrons. The first-order valence-electron chi connectivity index (χ1n) is 7.18. The Kier molecular flexibility index (Phi) is 5.16. The molecule has 1 aromatic carbocycles. The maximum absolute atomic E-state index is 11.7. The van der Waals surface area contributed by atoms with Crippen LogP contribution in [0.1, 0.15) is 38.2 Å². The Morgan fingerprint density at radius 3 is 2.75 bits per heavy atom. The van der Waals surface area contributed by atoms with Crippen molar-refractivity contribution in [1.82, 2.24) is 5.43 Å². The average molecular weight is 274 g/mol. The van der Waals surface area contributed by atoms with E-state index in [2.05, 4.69) is 17.5 Å². The third-order valence-electron chi connectivity index (χ3n) is 3.64. The fraction of sp³-hybridized carbons (Fsp3) is 0.500. The Balaban J connectivity index is 1.76. The van der Waals surface area contributed by atoms with E-state index >= 15 is 0 Å². The van der Waals surface area contributed by atoms with Crippen molar-refractivity contribution in [3.8, 4) is 5.75 Å². The Labute approximate surface area is 120 Å². The summed E-state index contributed by atoms with van der Waals surface area (Å²) < 4.78 is 5.47. The standard InChI is InChI=1S/C16H22N2O2/c1-12-7-9-14(10-8-12)17-18-16(19)11-20-15-6-4-3-5-13(15)2/h3-6,12H,7-11H2,1-2H3,(H,18,19). The van der Waals surface area contributed by atoms with E-state index in [9.17, 15) is 4.79 Å². The number of carbonyl (C=O) groups is 1. The minimum Gasteiger partial charge on any atom is -0.483 e. The van der Waals surface area contributed by atoms with Crippen LogP contribution in [0.25, 0.3) is 0 Å². The summed E-state index contributed by atoms with van der Waals surface area (Å²) in [6.45, 7) is 4.21. The Morgan fingerprint density at radius 1 is 1.35 bits per heavy atom. The van der Waals surface area contributed by atoms with Crippen molar-refractivity contribution >= 4 is 11.6 Å². The van der Waals surface area contributed by atoms with E-state index in [4.69, 9.17) is 4.74 Å². The van der Waals surface area contributed by atoms with Crippen molar-refractivity contribution in [3.05, 3.63) is 29.8 Å². The molecular formula is C16H22N2O2. The number of nitrogens with zero attached hydrogens (tertiary/aromatic N) is 1. The highest BCUT2D eigenvalue weighted by Crippen LogP contribution is 2.21. The minimum atomic E-state index is -0.209. The van der Waals surface area contributed by atoms with Gasteiger partial charge < -0.3 is 4.74 Å². The third kappa shape index (κ3) is 4.37. The number of nitrogens with one attached hydrogen (secondary N) is 1. The molecule has 20 heavy (non-hydrogen) atoms. The topological polar surface area (TPSA) is 50.7 Å². The number of para-hydroxylation sites is 1. The van der Waals surface area contributed by atoms with Crippen LogP contribution >= 0.6 is 0 Å². The van der Waals surface area contributed by atoms with E-state index in [-0.39, 0.29) is 12.5 Å². The summed E-state index contributed by atoms with van der Waals surface area (Å²) in [5, 5.41) is 4.19. The molecule has 0 heterocycles. The van der Waals surface area contributed by atoms with Crippen molar-refractivity contribution in [3.63, 3.8) is 0 Å². The first kappa shape index (κ1) is 14.6. The molecule has 0 aromatic heterocycles. The number of aryl methyl sites for hydroxylation is 1. The maximum atomic E-state index is 11.7. The molecule has 0 aliphatic heterocycles. The van der Waals surface area contributed by atoms with Gasteiger partial charge in [-0.05, 0) is 50.2 Å². The highest BCUT2D eigenvalue weighted by molar-refractivity contribution is 5.87. The highest BCUT2D eigenvalue weighted by Gasteiger charge is 2.13. The molecule has 0 unspecified atom stereocenters. The number of hydrogen-bond donors (Lipinski definition) is 1. The predicted octanol–water partition coefficient (Wildman–Crippen LogP) is 3.06. The van der Waals surface area contributed by atoms with Gasteiger partial charge in [-0.25, -0.2) is 5.43 Å². The van der Waals surface area contributed by atoms with Gasteiger partial charge >= 0.3 is 0 Å². The minimum absolute atomic E-state index is 0.00195. The molecule has 2 rings (SSSR count). The molecule has 1 saturated carbocycles. The van der Waals surface area contributed by atoms with Gasteiger partial charge in [-0.3, -0.25) is 4.79 Å². The van der Waals surface area contributed by atoms with Crippen molar-refractivity contribution in [1.29, 1.82) is 0 Å². The predicted molar refractivity (Wildman–Crippen MR) is 79.9 cm³/mol. The molecule has 1 amide bonds. The van der Waals surface area contributed by atoms with Gasteiger partial charge in [0.2, 0.25) is 0 Å². The molecule has 0 atom stereocenters. The number of hydrazone groups is 1. The van der Waals surface area contributed by atoms with Crippen molar-refractivity contribution in [2.75, 3.05) is 6.61 Å². The van der Waals surface area contributed by atoms with Crippen LogP contribution in [0.5, 0.6) is 5.75 Å². The van der Waals surface area contributed by atoms with Crippen LogP contribution in [-0.4, -0.2) is 18.2 Å². The van der Waals surface area contributed by atoms with Crippen LogP contribution in [0, 0.1) is 12.8 Å². The molecule has 4 heteroatoms. The monoisotopic (exact) mass is 274 g/mol. The summed E-state index contributed by atoms with van der Waals surface area (Å²) in [4.78, 5) is 11.7. The molecular weight excluding hydrogens is 252 g/mol. The summed E-state index contributed by atoms with van der Waals surface area (Å²) in [5.74, 6) is 1.30. The lowest BCUT2D eigenvalue weighted by atomic mass is 9.90. The summed E-state index contributed by atoms with van der Waals surface area (Å²) in [6, 6.07) is 7.65. The molecule has 4 nitrogen and oxygen atoms in total. The fourth-order valence-electron chi connectivity index (χ4n) is 2.24. The van der Waals surface area contributed by atoms with Gasteiger partial charge in [0.15, 0.2) is 6.61 Å². The van der Waals surface area contributed by atoms with Crippen LogP contribution in [0.15, 0.2) is 29.4 Å². The number of amides is 1. The smallest absolute Gasteiger partial charge is 0.277 e. The molecule has 108 valence electrons. The SMILES string of the molecule is Cc1ccccc1OCC(=O)NN=C1CCC(C)CC1. The first-order chi connectivity index (χ1) is 9.65. The van der Waals surface area contributed by atoms with Crippen LogP contribution < -0.4 is 10.2 Å². The summed E-state index contributed by atoms with van der Waals surface area (Å²) in [5.41, 5.74) is 4.69. The van der Waals surface area contributed by atoms with Crippen molar-refractivity contribution in [2.24, 2.45) is 11.0 Å². The largest absolute Gasteiger partial charge is 0.483 e. The van der Waals surface area contributed by atoms with Crippen LogP contribution in [-0.2, 0) is 4.79 Å². The van der Waals surface area contributed by atoms with E-state index in [1.807, 2.05) is 31.2 Å². The normalized spacial score (nSPS) is 18.5. The number of benzene rings is 1. The van der Waals surface area contributed by atoms with Gasteiger partial charge in [-0.15, -0.1) is 0 Å². The van der Waals surface area contributed by atoms with E-state index in [0.717, 1.165) is 48.6 Å². The molecule has 0 bridgehead atoms. The zero-order valence-corrected chi connectivity index (χ0v) is 12.2. The lowest BCUT2D eigenvalue weighted by Crippen LogP contribution is -2.26. The average Bonchev–Trinajstić information content (AvgIpc) is 2.46. The van der Waals surface area contributed by atoms with Gasteiger partial charge in [-0.1, -0.05) is 25.1 Å². The van der Waals surface area contributed by atoms with Gasteiger partial charge in [0.1, 0.15) is 5.75 Å². The second-order valence-corrected chi connectivity index (χ2v) is 5.45. The number of ether oxygens (including phenoxy) is 1. The second-order valence-electron chi connectivity index (χ2n) is 5.45. The second kappa shape index (κ2) is 7.08. The molecule has 1 fully saturated rings. The van der Waals surface area contributed by atoms with Crippen molar-refractivity contribution in [2.45, 2.75) is 39.5 Å². The maximum Gasteiger partial charge on any atom is 0.277 e. The number of hydrogen-bond acceptors (Lipinski definition) is 3. The molecule has 1 aliphatic carbocycles. The lowest BCUT2D eigenvalue weighted by molar-refractivity contribution is -0.123. The van der Waals surface area contributed by atoms with Crippen molar-refractivity contribution < 1.29 is 9.53 Å². The number of rotatable bonds is 4. The molecule has 0 spiro atoms. The third-order valence-corrected chi connectivity index (χ3v) is 3.64. The molecule has 1 aliphatic rings. The first-order valence-corrected chi connectivity index (χ1v) is 7.18. The van der Waals surface area contributed by atoms with E-state index < -0.39 is 0 Å². The molecule has 0 saturated heterocycles. The van der Waals surface area contributed by atoms with Crippen LogP contribution in [0.3, 0.4) is 0 Å². The highest BCUT2D eigenvalue weighted by atomic mass is 16.5. The van der Waals surface area contributed by atoms with Crippen LogP contribution in [0.2, 0.25) is 0 Å². The quantitative estimate of drug-likeness (QED) is 0.858. The Bertz CT molecular complexity index is 487. The lowest BCUT2D eigenvalue weighted by Gasteiger charge is -2.18. The van der Waals surface area contributed by atoms with E-state index in [0.29, 0.717) is 0 Å². The molecule has 1 N–H and O–H groups in total. The van der Waals surface area contributed by atoms with Gasteiger partial charge in [0.25, 0.3) is 5.91 Å². The summed E-state index contributed by atoms with van der Waals surface area (Å²) >= 11 is 0. The number of carbonyl (C=O) groups excluding carboxylic acids is 1. The zero-order chi connectivity index (χ0) is 14.4. The fourth-order valence-corrected chi connectivity index (χ4v) is 2.24. The summed E-state index contributed by atoms with van der Waals surface area (Å²) in [6.07, 6.45) is 4.29. The van der Waals surface area contributed by atoms with Gasteiger partial charge in [0.05, 0.1) is 0 Å². The summed E-state index contributed by atoms with van der Waals surface area (Å²) in [7, 11) is 0. The zero-order valence-electron chi connectivity index (χ0n) is 12.2. The van der Waals surface area contributed by atoms with Gasteiger partial charge in [-0.2, -0.15) is 5.10 Å². The Morgan fingerprint density at radius 2 is 2.05 bits per heavy atom. The van der Waals surface area contributed by atoms with E-state index in [1.54, 1.807) is 0 Å². The van der Waals surface area contributed by atoms with E-state index in [1.165, 1.54) is 0 Å². The van der Waals surface area contributed by atoms with Crippen LogP contribution in [0.4, 0.5) is 0 Å². The molecule has 1 aromatic rings.